The van der Waals surface area contributed by atoms with Gasteiger partial charge < -0.3 is 10.5 Å². The van der Waals surface area contributed by atoms with E-state index in [1.165, 1.54) is 31.3 Å². The van der Waals surface area contributed by atoms with Gasteiger partial charge in [-0.2, -0.15) is 0 Å². The Balaban J connectivity index is 0. The van der Waals surface area contributed by atoms with Crippen molar-refractivity contribution in [1.82, 2.24) is 0 Å². The Morgan fingerprint density at radius 1 is 1.07 bits per heavy atom. The maximum atomic E-state index is 11.5. The molecule has 0 heterocycles. The van der Waals surface area contributed by atoms with Crippen molar-refractivity contribution in [3.8, 4) is 5.75 Å². The molecule has 0 radical (unpaired) electrons. The second-order valence-electron chi connectivity index (χ2n) is 1.86. The largest absolute Gasteiger partial charge is 0.573 e. The van der Waals surface area contributed by atoms with Crippen molar-refractivity contribution < 1.29 is 17.9 Å². The molecule has 2 nitrogen and oxygen atoms in total. The Morgan fingerprint density at radius 3 is 1.86 bits per heavy atom. The van der Waals surface area contributed by atoms with E-state index in [2.05, 4.69) is 10.5 Å². The van der Waals surface area contributed by atoms with Gasteiger partial charge in [0.05, 0.1) is 0 Å². The van der Waals surface area contributed by atoms with Gasteiger partial charge in [-0.3, -0.25) is 0 Å². The molecular weight excluding hydrogens is 219 g/mol. The predicted molar refractivity (Wildman–Crippen MR) is 50.5 cm³/mol. The maximum absolute atomic E-state index is 11.5. The Labute approximate surface area is 86.3 Å². The third-order valence-electron chi connectivity index (χ3n) is 0.977. The third-order valence-corrected chi connectivity index (χ3v) is 0.977. The Hall–Kier alpha value is -0.940. The van der Waals surface area contributed by atoms with Gasteiger partial charge in [0.2, 0.25) is 0 Å². The van der Waals surface area contributed by atoms with Crippen molar-refractivity contribution in [2.45, 2.75) is 6.36 Å². The zero-order valence-corrected chi connectivity index (χ0v) is 8.23. The molecule has 0 aromatic heterocycles. The summed E-state index contributed by atoms with van der Waals surface area (Å²) in [6, 6.07) is 7.05. The zero-order valence-electron chi connectivity index (χ0n) is 7.41. The highest BCUT2D eigenvalue weighted by atomic mass is 35.5. The number of para-hydroxylation sites is 1. The molecule has 1 rings (SSSR count). The van der Waals surface area contributed by atoms with Gasteiger partial charge in [-0.1, -0.05) is 18.2 Å². The molecule has 0 aliphatic rings. The fraction of sp³-hybridized carbons (Fsp3) is 0.250. The number of benzene rings is 1. The summed E-state index contributed by atoms with van der Waals surface area (Å²) < 4.78 is 38.2. The van der Waals surface area contributed by atoms with Gasteiger partial charge in [0.15, 0.2) is 0 Å². The topological polar surface area (TPSA) is 35.2 Å². The molecule has 1 aromatic rings. The molecule has 0 saturated carbocycles. The number of hydrogen-bond donors (Lipinski definition) is 1. The lowest BCUT2D eigenvalue weighted by molar-refractivity contribution is -0.274. The first-order chi connectivity index (χ1) is 6.08. The van der Waals surface area contributed by atoms with E-state index in [0.29, 0.717) is 0 Å². The average Bonchev–Trinajstić information content (AvgIpc) is 2.07. The van der Waals surface area contributed by atoms with Crippen LogP contribution >= 0.6 is 12.4 Å². The number of nitrogens with two attached hydrogens (primary N) is 1. The quantitative estimate of drug-likeness (QED) is 0.803. The number of halogens is 4. The van der Waals surface area contributed by atoms with Crippen LogP contribution in [0.3, 0.4) is 0 Å². The van der Waals surface area contributed by atoms with Crippen molar-refractivity contribution in [1.29, 1.82) is 0 Å². The Morgan fingerprint density at radius 2 is 1.50 bits per heavy atom. The van der Waals surface area contributed by atoms with Gasteiger partial charge >= 0.3 is 6.36 Å². The van der Waals surface area contributed by atoms with E-state index >= 15 is 0 Å². The van der Waals surface area contributed by atoms with Crippen LogP contribution < -0.4 is 10.5 Å². The van der Waals surface area contributed by atoms with Crippen LogP contribution in [0, 0.1) is 0 Å². The fourth-order valence-corrected chi connectivity index (χ4v) is 0.622. The van der Waals surface area contributed by atoms with Crippen molar-refractivity contribution in [3.63, 3.8) is 0 Å². The normalized spacial score (nSPS) is 9.21. The summed E-state index contributed by atoms with van der Waals surface area (Å²) in [7, 11) is 1.50. The lowest BCUT2D eigenvalue weighted by Crippen LogP contribution is -2.16. The molecule has 2 N–H and O–H groups in total. The van der Waals surface area contributed by atoms with Gasteiger partial charge in [-0.15, -0.1) is 25.6 Å². The van der Waals surface area contributed by atoms with E-state index in [9.17, 15) is 13.2 Å². The molecule has 82 valence electrons. The van der Waals surface area contributed by atoms with E-state index in [1.54, 1.807) is 6.07 Å². The first-order valence-electron chi connectivity index (χ1n) is 3.46. The second-order valence-corrected chi connectivity index (χ2v) is 1.86. The van der Waals surface area contributed by atoms with E-state index < -0.39 is 6.36 Å². The maximum Gasteiger partial charge on any atom is 0.573 e. The number of ether oxygens (including phenoxy) is 1. The van der Waals surface area contributed by atoms with Crippen molar-refractivity contribution in [3.05, 3.63) is 30.3 Å². The van der Waals surface area contributed by atoms with Crippen molar-refractivity contribution in [2.24, 2.45) is 5.73 Å². The van der Waals surface area contributed by atoms with Gasteiger partial charge in [-0.05, 0) is 19.2 Å². The first kappa shape index (κ1) is 15.5. The molecule has 0 atom stereocenters. The molecule has 0 fully saturated rings. The van der Waals surface area contributed by atoms with Crippen LogP contribution in [-0.4, -0.2) is 13.4 Å². The van der Waals surface area contributed by atoms with Crippen molar-refractivity contribution in [2.75, 3.05) is 7.05 Å². The van der Waals surface area contributed by atoms with Gasteiger partial charge in [-0.25, -0.2) is 0 Å². The molecule has 0 bridgehead atoms. The van der Waals surface area contributed by atoms with Crippen LogP contribution in [0.25, 0.3) is 0 Å². The Bertz CT molecular complexity index is 228. The minimum Gasteiger partial charge on any atom is -0.406 e. The molecule has 0 aliphatic carbocycles. The first-order valence-corrected chi connectivity index (χ1v) is 3.46. The van der Waals surface area contributed by atoms with E-state index in [0.717, 1.165) is 0 Å². The molecule has 1 aromatic carbocycles. The zero-order chi connectivity index (χ0) is 10.3. The lowest BCUT2D eigenvalue weighted by atomic mass is 10.3. The summed E-state index contributed by atoms with van der Waals surface area (Å²) in [5.74, 6) is -0.194. The summed E-state index contributed by atoms with van der Waals surface area (Å²) in [5.41, 5.74) is 4.50. The summed E-state index contributed by atoms with van der Waals surface area (Å²) in [6.07, 6.45) is -4.60. The predicted octanol–water partition coefficient (Wildman–Crippen LogP) is 2.58. The summed E-state index contributed by atoms with van der Waals surface area (Å²) in [6.45, 7) is 0. The smallest absolute Gasteiger partial charge is 0.406 e. The summed E-state index contributed by atoms with van der Waals surface area (Å²) in [5, 5.41) is 0. The van der Waals surface area contributed by atoms with Crippen LogP contribution in [0.15, 0.2) is 30.3 Å². The summed E-state index contributed by atoms with van der Waals surface area (Å²) in [4.78, 5) is 0. The van der Waals surface area contributed by atoms with Gasteiger partial charge in [0.1, 0.15) is 5.75 Å². The monoisotopic (exact) mass is 229 g/mol. The average molecular weight is 230 g/mol. The molecule has 0 unspecified atom stereocenters. The SMILES string of the molecule is CN.Cl.FC(F)(F)Oc1ccccc1. The molecule has 14 heavy (non-hydrogen) atoms. The molecule has 0 spiro atoms. The number of alkyl halides is 3. The van der Waals surface area contributed by atoms with E-state index in [-0.39, 0.29) is 18.2 Å². The van der Waals surface area contributed by atoms with Gasteiger partial charge in [0.25, 0.3) is 0 Å². The Kier molecular flexibility index (Phi) is 8.28. The van der Waals surface area contributed by atoms with Crippen LogP contribution in [0.1, 0.15) is 0 Å². The van der Waals surface area contributed by atoms with Crippen LogP contribution in [0.2, 0.25) is 0 Å². The minimum atomic E-state index is -4.60. The highest BCUT2D eigenvalue weighted by molar-refractivity contribution is 5.85. The minimum absolute atomic E-state index is 0. The highest BCUT2D eigenvalue weighted by Crippen LogP contribution is 2.21. The van der Waals surface area contributed by atoms with E-state index in [1.807, 2.05) is 0 Å². The second kappa shape index (κ2) is 7.46. The molecule has 0 aliphatic heterocycles. The van der Waals surface area contributed by atoms with Crippen LogP contribution in [0.5, 0.6) is 5.75 Å². The molecule has 6 heteroatoms. The van der Waals surface area contributed by atoms with Crippen LogP contribution in [0.4, 0.5) is 13.2 Å². The summed E-state index contributed by atoms with van der Waals surface area (Å²) >= 11 is 0. The fourth-order valence-electron chi connectivity index (χ4n) is 0.622. The lowest BCUT2D eigenvalue weighted by Gasteiger charge is -2.07. The standard InChI is InChI=1S/C7H5F3O.CH5N.ClH/c8-7(9,10)11-6-4-2-1-3-5-6;1-2;/h1-5H;2H2,1H3;1H. The molecule has 0 saturated heterocycles. The third kappa shape index (κ3) is 7.70. The number of rotatable bonds is 1. The molecular formula is C8H11ClF3NO. The van der Waals surface area contributed by atoms with Crippen LogP contribution in [-0.2, 0) is 0 Å². The van der Waals surface area contributed by atoms with Gasteiger partial charge in [0, 0.05) is 0 Å². The van der Waals surface area contributed by atoms with Crippen molar-refractivity contribution >= 4 is 12.4 Å². The number of hydrogen-bond acceptors (Lipinski definition) is 2. The molecule has 0 amide bonds. The highest BCUT2D eigenvalue weighted by Gasteiger charge is 2.30. The van der Waals surface area contributed by atoms with E-state index in [4.69, 9.17) is 0 Å².